The molecular weight excluding hydrogens is 213 g/mol. The molecule has 0 aromatic heterocycles. The van der Waals surface area contributed by atoms with Crippen molar-refractivity contribution in [3.63, 3.8) is 0 Å². The fourth-order valence-corrected chi connectivity index (χ4v) is 1.62. The molecule has 0 unspecified atom stereocenters. The van der Waals surface area contributed by atoms with Crippen LogP contribution in [0.15, 0.2) is 0 Å². The van der Waals surface area contributed by atoms with E-state index in [2.05, 4.69) is 0 Å². The lowest BCUT2D eigenvalue weighted by Gasteiger charge is -2.10. The predicted molar refractivity (Wildman–Crippen MR) is 52.5 cm³/mol. The van der Waals surface area contributed by atoms with E-state index in [4.69, 9.17) is 0 Å². The van der Waals surface area contributed by atoms with Gasteiger partial charge >= 0.3 is 0 Å². The van der Waals surface area contributed by atoms with Crippen molar-refractivity contribution in [1.29, 1.82) is 0 Å². The summed E-state index contributed by atoms with van der Waals surface area (Å²) in [4.78, 5) is 10.8. The van der Waals surface area contributed by atoms with Gasteiger partial charge in [0.05, 0.1) is 0 Å². The average Bonchev–Trinajstić information content (AvgIpc) is 2.17. The summed E-state index contributed by atoms with van der Waals surface area (Å²) in [5, 5.41) is 0.0715. The lowest BCUT2D eigenvalue weighted by atomic mass is 10.2. The van der Waals surface area contributed by atoms with Gasteiger partial charge in [-0.05, 0) is 12.8 Å². The van der Waals surface area contributed by atoms with Gasteiger partial charge in [0.25, 0.3) is 5.92 Å². The molecule has 5 heteroatoms. The molecule has 14 heavy (non-hydrogen) atoms. The van der Waals surface area contributed by atoms with Gasteiger partial charge in [0.15, 0.2) is 11.8 Å². The number of carbonyl (C=O) groups excluding carboxylic acids is 1. The highest BCUT2D eigenvalue weighted by atomic mass is 32.2. The minimum atomic E-state index is -3.18. The molecule has 0 aliphatic carbocycles. The minimum absolute atomic E-state index is 0.0715. The molecule has 0 saturated heterocycles. The maximum Gasteiger partial charge on any atom is 0.275 e. The first kappa shape index (κ1) is 13.8. The summed E-state index contributed by atoms with van der Waals surface area (Å²) in [6.45, 7) is 0.167. The Labute approximate surface area is 86.4 Å². The normalized spacial score (nSPS) is 11.7. The zero-order valence-electron chi connectivity index (χ0n) is 8.19. The van der Waals surface area contributed by atoms with Crippen molar-refractivity contribution < 1.29 is 18.0 Å². The molecule has 0 aliphatic heterocycles. The van der Waals surface area contributed by atoms with Crippen molar-refractivity contribution in [1.82, 2.24) is 0 Å². The van der Waals surface area contributed by atoms with Crippen LogP contribution in [0, 0.1) is 0 Å². The zero-order valence-corrected chi connectivity index (χ0v) is 9.01. The molecule has 0 aliphatic rings. The van der Waals surface area contributed by atoms with Crippen molar-refractivity contribution in [2.75, 3.05) is 12.4 Å². The Morgan fingerprint density at radius 1 is 1.36 bits per heavy atom. The Hall–Kier alpha value is -0.190. The molecule has 0 rings (SSSR count). The van der Waals surface area contributed by atoms with E-state index in [1.807, 2.05) is 0 Å². The Kier molecular flexibility index (Phi) is 7.05. The van der Waals surface area contributed by atoms with E-state index in [1.165, 1.54) is 0 Å². The van der Waals surface area contributed by atoms with E-state index < -0.39 is 19.0 Å². The Morgan fingerprint density at radius 2 is 2.00 bits per heavy atom. The summed E-state index contributed by atoms with van der Waals surface area (Å²) in [5.74, 6) is -2.63. The van der Waals surface area contributed by atoms with Crippen LogP contribution in [0.4, 0.5) is 13.2 Å². The minimum Gasteiger partial charge on any atom is -0.287 e. The first-order valence-electron chi connectivity index (χ1n) is 4.61. The number of thioether (sulfide) groups is 1. The molecule has 0 radical (unpaired) electrons. The third-order valence-corrected chi connectivity index (χ3v) is 2.79. The van der Waals surface area contributed by atoms with Gasteiger partial charge in [-0.15, -0.1) is 0 Å². The Balaban J connectivity index is 3.34. The molecule has 0 spiro atoms. The van der Waals surface area contributed by atoms with Gasteiger partial charge in [0.2, 0.25) is 0 Å². The summed E-state index contributed by atoms with van der Waals surface area (Å²) in [6, 6.07) is 0. The molecule has 0 N–H and O–H groups in total. The fourth-order valence-electron chi connectivity index (χ4n) is 0.841. The second-order valence-corrected chi connectivity index (χ2v) is 4.17. The number of rotatable bonds is 7. The van der Waals surface area contributed by atoms with E-state index in [0.717, 1.165) is 11.8 Å². The highest BCUT2D eigenvalue weighted by Crippen LogP contribution is 2.22. The van der Waals surface area contributed by atoms with Crippen LogP contribution >= 0.6 is 11.8 Å². The van der Waals surface area contributed by atoms with Gasteiger partial charge in [0.1, 0.15) is 0 Å². The molecule has 0 aromatic carbocycles. The van der Waals surface area contributed by atoms with Crippen LogP contribution in [-0.2, 0) is 4.79 Å². The Bertz CT molecular complexity index is 173. The number of hydrogen-bond donors (Lipinski definition) is 0. The zero-order chi connectivity index (χ0) is 11.0. The van der Waals surface area contributed by atoms with Crippen LogP contribution in [-0.4, -0.2) is 23.5 Å². The van der Waals surface area contributed by atoms with Crippen molar-refractivity contribution >= 4 is 16.9 Å². The van der Waals surface area contributed by atoms with Crippen molar-refractivity contribution in [3.8, 4) is 0 Å². The smallest absolute Gasteiger partial charge is 0.275 e. The summed E-state index contributed by atoms with van der Waals surface area (Å²) >= 11 is 1.16. The van der Waals surface area contributed by atoms with Crippen LogP contribution in [0.3, 0.4) is 0 Å². The van der Waals surface area contributed by atoms with Gasteiger partial charge in [-0.1, -0.05) is 18.7 Å². The quantitative estimate of drug-likeness (QED) is 0.621. The van der Waals surface area contributed by atoms with Gasteiger partial charge in [-0.25, -0.2) is 13.2 Å². The molecule has 0 aromatic rings. The largest absolute Gasteiger partial charge is 0.287 e. The first-order chi connectivity index (χ1) is 6.52. The van der Waals surface area contributed by atoms with Crippen LogP contribution in [0.5, 0.6) is 0 Å². The molecule has 0 saturated carbocycles. The third kappa shape index (κ3) is 7.24. The van der Waals surface area contributed by atoms with Crippen LogP contribution in [0.25, 0.3) is 0 Å². The number of carbonyl (C=O) groups is 1. The lowest BCUT2D eigenvalue weighted by molar-refractivity contribution is -0.110. The third-order valence-electron chi connectivity index (χ3n) is 1.68. The van der Waals surface area contributed by atoms with Gasteiger partial charge < -0.3 is 0 Å². The maximum absolute atomic E-state index is 12.4. The second kappa shape index (κ2) is 7.15. The molecular formula is C9H15F3OS. The van der Waals surface area contributed by atoms with Crippen molar-refractivity contribution in [2.24, 2.45) is 0 Å². The molecule has 0 amide bonds. The highest BCUT2D eigenvalue weighted by molar-refractivity contribution is 8.13. The fraction of sp³-hybridized carbons (Fsp3) is 0.889. The lowest BCUT2D eigenvalue weighted by Crippen LogP contribution is -2.18. The Morgan fingerprint density at radius 3 is 2.50 bits per heavy atom. The van der Waals surface area contributed by atoms with E-state index in [0.29, 0.717) is 18.6 Å². The first-order valence-corrected chi connectivity index (χ1v) is 5.60. The standard InChI is InChI=1S/C9H15F3OS/c1-2-8(13)14-6-4-3-5-9(11,12)7-10/h2-7H2,1H3. The summed E-state index contributed by atoms with van der Waals surface area (Å²) in [5.41, 5.74) is 0. The van der Waals surface area contributed by atoms with E-state index in [9.17, 15) is 18.0 Å². The van der Waals surface area contributed by atoms with Crippen LogP contribution < -0.4 is 0 Å². The molecule has 1 nitrogen and oxygen atoms in total. The summed E-state index contributed by atoms with van der Waals surface area (Å²) in [7, 11) is 0. The highest BCUT2D eigenvalue weighted by Gasteiger charge is 2.27. The van der Waals surface area contributed by atoms with E-state index in [-0.39, 0.29) is 11.5 Å². The van der Waals surface area contributed by atoms with Crippen LogP contribution in [0.1, 0.15) is 32.6 Å². The molecule has 84 valence electrons. The number of alkyl halides is 3. The van der Waals surface area contributed by atoms with E-state index in [1.54, 1.807) is 6.92 Å². The van der Waals surface area contributed by atoms with Crippen molar-refractivity contribution in [2.45, 2.75) is 38.5 Å². The van der Waals surface area contributed by atoms with Gasteiger partial charge in [0, 0.05) is 18.6 Å². The molecule has 0 heterocycles. The SMILES string of the molecule is CCC(=O)SCCCCC(F)(F)CF. The number of hydrogen-bond acceptors (Lipinski definition) is 2. The number of unbranched alkanes of at least 4 members (excludes halogenated alkanes) is 1. The molecule has 0 fully saturated rings. The summed E-state index contributed by atoms with van der Waals surface area (Å²) in [6.07, 6.45) is 0.836. The monoisotopic (exact) mass is 228 g/mol. The van der Waals surface area contributed by atoms with E-state index >= 15 is 0 Å². The average molecular weight is 228 g/mol. The molecule has 0 bridgehead atoms. The summed E-state index contributed by atoms with van der Waals surface area (Å²) < 4.78 is 36.4. The van der Waals surface area contributed by atoms with Gasteiger partial charge in [-0.2, -0.15) is 0 Å². The van der Waals surface area contributed by atoms with Crippen LogP contribution in [0.2, 0.25) is 0 Å². The van der Waals surface area contributed by atoms with Gasteiger partial charge in [-0.3, -0.25) is 4.79 Å². The predicted octanol–water partition coefficient (Wildman–Crippen LogP) is 3.43. The topological polar surface area (TPSA) is 17.1 Å². The second-order valence-electron chi connectivity index (χ2n) is 3.02. The van der Waals surface area contributed by atoms with Crippen molar-refractivity contribution in [3.05, 3.63) is 0 Å². The number of halogens is 3. The molecule has 0 atom stereocenters. The maximum atomic E-state index is 12.4.